The normalized spacial score (nSPS) is 11.0. The van der Waals surface area contributed by atoms with Crippen LogP contribution in [0.1, 0.15) is 27.0 Å². The third kappa shape index (κ3) is 6.01. The van der Waals surface area contributed by atoms with Crippen LogP contribution in [0.5, 0.6) is 5.75 Å². The van der Waals surface area contributed by atoms with E-state index in [4.69, 9.17) is 4.74 Å². The molecule has 4 rings (SSSR count). The first-order chi connectivity index (χ1) is 16.8. The van der Waals surface area contributed by atoms with Crippen molar-refractivity contribution in [1.29, 1.82) is 0 Å². The van der Waals surface area contributed by atoms with E-state index in [0.717, 1.165) is 11.1 Å². The Balaban J connectivity index is 1.44. The number of amides is 1. The minimum absolute atomic E-state index is 0.216. The molecule has 2 aromatic heterocycles. The molecule has 0 unspecified atom stereocenters. The predicted molar refractivity (Wildman–Crippen MR) is 134 cm³/mol. The van der Waals surface area contributed by atoms with Crippen LogP contribution in [-0.4, -0.2) is 24.3 Å². The zero-order valence-electron chi connectivity index (χ0n) is 19.2. The van der Waals surface area contributed by atoms with E-state index in [9.17, 15) is 13.2 Å². The molecule has 0 saturated carbocycles. The Morgan fingerprint density at radius 2 is 1.69 bits per heavy atom. The summed E-state index contributed by atoms with van der Waals surface area (Å²) < 4.78 is 34.0. The lowest BCUT2D eigenvalue weighted by atomic mass is 10.2. The molecular weight excluding hydrogens is 464 g/mol. The number of carbonyl (C=O) groups excluding carboxylic acids is 1. The summed E-state index contributed by atoms with van der Waals surface area (Å²) in [5, 5.41) is 2.74. The van der Waals surface area contributed by atoms with Crippen LogP contribution >= 0.6 is 0 Å². The quantitative estimate of drug-likeness (QED) is 0.371. The zero-order valence-corrected chi connectivity index (χ0v) is 20.0. The average molecular weight is 489 g/mol. The largest absolute Gasteiger partial charge is 0.485 e. The zero-order chi connectivity index (χ0) is 24.8. The number of sulfonamides is 1. The van der Waals surface area contributed by atoms with Crippen molar-refractivity contribution in [3.8, 4) is 5.75 Å². The highest BCUT2D eigenvalue weighted by atomic mass is 32.2. The van der Waals surface area contributed by atoms with E-state index < -0.39 is 15.9 Å². The van der Waals surface area contributed by atoms with Gasteiger partial charge in [-0.1, -0.05) is 12.1 Å². The number of nitrogens with zero attached hydrogens (tertiary/aromatic N) is 2. The average Bonchev–Trinajstić information content (AvgIpc) is 2.85. The van der Waals surface area contributed by atoms with Gasteiger partial charge in [-0.2, -0.15) is 0 Å². The van der Waals surface area contributed by atoms with Crippen LogP contribution in [0, 0.1) is 13.8 Å². The Morgan fingerprint density at radius 1 is 0.943 bits per heavy atom. The summed E-state index contributed by atoms with van der Waals surface area (Å²) in [6.07, 6.45) is 4.91. The van der Waals surface area contributed by atoms with E-state index in [1.54, 1.807) is 49.8 Å². The van der Waals surface area contributed by atoms with Gasteiger partial charge in [0.25, 0.3) is 15.9 Å². The lowest BCUT2D eigenvalue weighted by Gasteiger charge is -2.13. The maximum atomic E-state index is 12.8. The smallest absolute Gasteiger partial charge is 0.262 e. The highest BCUT2D eigenvalue weighted by Crippen LogP contribution is 2.24. The summed E-state index contributed by atoms with van der Waals surface area (Å²) in [6.45, 7) is 3.88. The van der Waals surface area contributed by atoms with Crippen molar-refractivity contribution < 1.29 is 17.9 Å². The van der Waals surface area contributed by atoms with Crippen molar-refractivity contribution in [3.63, 3.8) is 0 Å². The summed E-state index contributed by atoms with van der Waals surface area (Å²) in [6, 6.07) is 18.5. The fourth-order valence-electron chi connectivity index (χ4n) is 3.32. The second-order valence-electron chi connectivity index (χ2n) is 7.90. The number of nitrogens with one attached hydrogen (secondary N) is 2. The molecule has 0 radical (unpaired) electrons. The first-order valence-electron chi connectivity index (χ1n) is 10.8. The Bertz CT molecular complexity index is 1440. The van der Waals surface area contributed by atoms with Crippen LogP contribution in [0.3, 0.4) is 0 Å². The Morgan fingerprint density at radius 3 is 2.43 bits per heavy atom. The lowest BCUT2D eigenvalue weighted by Crippen LogP contribution is -2.16. The molecule has 9 heteroatoms. The maximum Gasteiger partial charge on any atom is 0.262 e. The van der Waals surface area contributed by atoms with Crippen molar-refractivity contribution in [2.45, 2.75) is 25.3 Å². The highest BCUT2D eigenvalue weighted by molar-refractivity contribution is 7.92. The van der Waals surface area contributed by atoms with Crippen LogP contribution in [0.4, 0.5) is 11.5 Å². The molecule has 0 aliphatic carbocycles. The topological polar surface area (TPSA) is 110 Å². The molecule has 2 N–H and O–H groups in total. The van der Waals surface area contributed by atoms with Crippen LogP contribution in [0.2, 0.25) is 0 Å². The van der Waals surface area contributed by atoms with Crippen molar-refractivity contribution in [3.05, 3.63) is 108 Å². The third-order valence-electron chi connectivity index (χ3n) is 5.18. The van der Waals surface area contributed by atoms with Gasteiger partial charge in [0.15, 0.2) is 11.6 Å². The molecule has 8 nitrogen and oxygen atoms in total. The minimum atomic E-state index is -3.76. The second-order valence-corrected chi connectivity index (χ2v) is 9.55. The predicted octanol–water partition coefficient (Wildman–Crippen LogP) is 4.73. The number of pyridine rings is 2. The van der Waals surface area contributed by atoms with Crippen LogP contribution in [0.25, 0.3) is 0 Å². The molecule has 0 spiro atoms. The van der Waals surface area contributed by atoms with Crippen molar-refractivity contribution >= 4 is 27.4 Å². The van der Waals surface area contributed by atoms with E-state index in [1.807, 2.05) is 25.1 Å². The van der Waals surface area contributed by atoms with Crippen LogP contribution in [-0.2, 0) is 16.6 Å². The number of anilines is 2. The Hall–Kier alpha value is -4.24. The molecule has 35 heavy (non-hydrogen) atoms. The molecule has 2 heterocycles. The fraction of sp³-hybridized carbons (Fsp3) is 0.115. The maximum absolute atomic E-state index is 12.8. The van der Waals surface area contributed by atoms with Crippen LogP contribution in [0.15, 0.2) is 90.2 Å². The van der Waals surface area contributed by atoms with E-state index >= 15 is 0 Å². The number of aryl methyl sites for hydroxylation is 2. The Kier molecular flexibility index (Phi) is 7.07. The number of aromatic nitrogens is 2. The van der Waals surface area contributed by atoms with E-state index in [1.165, 1.54) is 24.3 Å². The molecule has 1 amide bonds. The summed E-state index contributed by atoms with van der Waals surface area (Å²) in [5.41, 5.74) is 3.12. The molecule has 0 aliphatic rings. The summed E-state index contributed by atoms with van der Waals surface area (Å²) >= 11 is 0. The molecular formula is C26H24N4O4S. The van der Waals surface area contributed by atoms with Gasteiger partial charge in [-0.3, -0.25) is 14.5 Å². The number of carbonyl (C=O) groups is 1. The van der Waals surface area contributed by atoms with Gasteiger partial charge < -0.3 is 10.1 Å². The number of ether oxygens (including phenoxy) is 1. The van der Waals surface area contributed by atoms with Crippen molar-refractivity contribution in [2.75, 3.05) is 10.0 Å². The van der Waals surface area contributed by atoms with Gasteiger partial charge in [0, 0.05) is 29.8 Å². The molecule has 0 fully saturated rings. The second kappa shape index (κ2) is 10.4. The number of benzene rings is 2. The van der Waals surface area contributed by atoms with Gasteiger partial charge in [0.05, 0.1) is 4.90 Å². The van der Waals surface area contributed by atoms with Gasteiger partial charge in [-0.15, -0.1) is 0 Å². The van der Waals surface area contributed by atoms with Crippen molar-refractivity contribution in [2.24, 2.45) is 0 Å². The van der Waals surface area contributed by atoms with Gasteiger partial charge in [0.2, 0.25) is 0 Å². The minimum Gasteiger partial charge on any atom is -0.485 e. The van der Waals surface area contributed by atoms with E-state index in [0.29, 0.717) is 29.2 Å². The SMILES string of the molecule is Cc1ccc(C)c(S(=O)(=O)Nc2ccc(C(=O)Nc3ncccc3OCc3ccncc3)cc2)c1. The van der Waals surface area contributed by atoms with Gasteiger partial charge in [0.1, 0.15) is 6.61 Å². The monoisotopic (exact) mass is 488 g/mol. The standard InChI is InChI=1S/C26H24N4O4S/c1-18-5-6-19(2)24(16-18)35(32,33)30-22-9-7-21(8-10-22)26(31)29-25-23(4-3-13-28-25)34-17-20-11-14-27-15-12-20/h3-16,30H,17H2,1-2H3,(H,28,29,31). The molecule has 0 atom stereocenters. The summed E-state index contributed by atoms with van der Waals surface area (Å²) in [5.74, 6) is 0.309. The lowest BCUT2D eigenvalue weighted by molar-refractivity contribution is 0.102. The number of hydrogen-bond acceptors (Lipinski definition) is 6. The molecule has 0 bridgehead atoms. The van der Waals surface area contributed by atoms with Gasteiger partial charge in [-0.05, 0) is 85.1 Å². The molecule has 2 aromatic carbocycles. The number of hydrogen-bond donors (Lipinski definition) is 2. The summed E-state index contributed by atoms with van der Waals surface area (Å²) in [4.78, 5) is 21.2. The van der Waals surface area contributed by atoms with Gasteiger partial charge >= 0.3 is 0 Å². The Labute approximate surface area is 204 Å². The first kappa shape index (κ1) is 23.9. The molecule has 178 valence electrons. The summed E-state index contributed by atoms with van der Waals surface area (Å²) in [7, 11) is -3.76. The van der Waals surface area contributed by atoms with Crippen molar-refractivity contribution in [1.82, 2.24) is 9.97 Å². The highest BCUT2D eigenvalue weighted by Gasteiger charge is 2.18. The third-order valence-corrected chi connectivity index (χ3v) is 6.70. The van der Waals surface area contributed by atoms with Gasteiger partial charge in [-0.25, -0.2) is 13.4 Å². The molecule has 0 aliphatic heterocycles. The number of rotatable bonds is 8. The molecule has 4 aromatic rings. The van der Waals surface area contributed by atoms with E-state index in [-0.39, 0.29) is 10.7 Å². The first-order valence-corrected chi connectivity index (χ1v) is 12.3. The molecule has 0 saturated heterocycles. The van der Waals surface area contributed by atoms with Crippen LogP contribution < -0.4 is 14.8 Å². The van der Waals surface area contributed by atoms with E-state index in [2.05, 4.69) is 20.0 Å². The fourth-order valence-corrected chi connectivity index (χ4v) is 4.71.